The summed E-state index contributed by atoms with van der Waals surface area (Å²) >= 11 is 0. The summed E-state index contributed by atoms with van der Waals surface area (Å²) < 4.78 is 4.67. The summed E-state index contributed by atoms with van der Waals surface area (Å²) in [4.78, 5) is 26.2. The summed E-state index contributed by atoms with van der Waals surface area (Å²) in [5.41, 5.74) is 1.51. The molecule has 0 amide bonds. The van der Waals surface area contributed by atoms with Gasteiger partial charge in [0.1, 0.15) is 0 Å². The summed E-state index contributed by atoms with van der Waals surface area (Å²) in [6.07, 6.45) is 9.60. The monoisotopic (exact) mass is 365 g/mol. The second kappa shape index (κ2) is 6.87. The van der Waals surface area contributed by atoms with E-state index in [0.29, 0.717) is 17.5 Å². The van der Waals surface area contributed by atoms with Crippen molar-refractivity contribution < 1.29 is 0 Å². The lowest BCUT2D eigenvalue weighted by atomic mass is 9.75. The molecule has 0 fully saturated rings. The van der Waals surface area contributed by atoms with E-state index in [1.807, 2.05) is 30.3 Å². The smallest absolute Gasteiger partial charge is 0.245 e. The maximum Gasteiger partial charge on any atom is 0.352 e. The van der Waals surface area contributed by atoms with Gasteiger partial charge in [0.05, 0.1) is 17.8 Å². The third kappa shape index (κ3) is 2.95. The van der Waals surface area contributed by atoms with E-state index in [2.05, 4.69) is 39.0 Å². The van der Waals surface area contributed by atoms with Gasteiger partial charge in [-0.2, -0.15) is 0 Å². The Morgan fingerprint density at radius 2 is 1.81 bits per heavy atom. The Bertz CT molecular complexity index is 1000. The van der Waals surface area contributed by atoms with Crippen molar-refractivity contribution >= 4 is 0 Å². The van der Waals surface area contributed by atoms with Crippen molar-refractivity contribution in [3.8, 4) is 5.69 Å². The molecule has 1 aromatic carbocycles. The minimum atomic E-state index is -0.235. The number of hydrogen-bond donors (Lipinski definition) is 0. The zero-order valence-corrected chi connectivity index (χ0v) is 16.2. The Labute approximate surface area is 159 Å². The molecule has 0 saturated heterocycles. The van der Waals surface area contributed by atoms with Gasteiger partial charge in [-0.25, -0.2) is 23.5 Å². The second-order valence-corrected chi connectivity index (χ2v) is 8.10. The van der Waals surface area contributed by atoms with Gasteiger partial charge in [0, 0.05) is 0 Å². The molecule has 2 aromatic rings. The van der Waals surface area contributed by atoms with Crippen LogP contribution in [0.3, 0.4) is 0 Å². The number of allylic oxidation sites excluding steroid dienone is 4. The highest BCUT2D eigenvalue weighted by Crippen LogP contribution is 2.43. The number of benzene rings is 1. The maximum absolute atomic E-state index is 13.2. The number of hydrogen-bond acceptors (Lipinski definition) is 2. The van der Waals surface area contributed by atoms with Gasteiger partial charge in [0.15, 0.2) is 0 Å². The van der Waals surface area contributed by atoms with E-state index in [0.717, 1.165) is 19.3 Å². The SMILES string of the molecule is CC(C)=CCC[C@@H](C)[C@H]1C[C@H]2C=C[C@@H]1n1c(=O)n(-c3ccccc3)c(=O)n12. The first-order valence-corrected chi connectivity index (χ1v) is 9.82. The largest absolute Gasteiger partial charge is 0.352 e. The first-order valence-electron chi connectivity index (χ1n) is 9.82. The van der Waals surface area contributed by atoms with Gasteiger partial charge in [-0.1, -0.05) is 48.9 Å². The van der Waals surface area contributed by atoms with Crippen molar-refractivity contribution in [2.45, 2.75) is 52.1 Å². The van der Waals surface area contributed by atoms with Gasteiger partial charge in [-0.15, -0.1) is 0 Å². The van der Waals surface area contributed by atoms with E-state index in [4.69, 9.17) is 0 Å². The van der Waals surface area contributed by atoms with Crippen molar-refractivity contribution in [3.63, 3.8) is 0 Å². The molecule has 0 unspecified atom stereocenters. The lowest BCUT2D eigenvalue weighted by Crippen LogP contribution is -2.45. The van der Waals surface area contributed by atoms with E-state index in [-0.39, 0.29) is 23.5 Å². The third-order valence-electron chi connectivity index (χ3n) is 6.01. The minimum Gasteiger partial charge on any atom is -0.245 e. The fourth-order valence-corrected chi connectivity index (χ4v) is 4.59. The first kappa shape index (κ1) is 17.8. The Morgan fingerprint density at radius 1 is 1.11 bits per heavy atom. The van der Waals surface area contributed by atoms with Gasteiger partial charge in [-0.05, 0) is 57.1 Å². The summed E-state index contributed by atoms with van der Waals surface area (Å²) in [7, 11) is 0. The van der Waals surface area contributed by atoms with E-state index >= 15 is 0 Å². The van der Waals surface area contributed by atoms with Crippen molar-refractivity contribution in [2.24, 2.45) is 11.8 Å². The molecule has 0 radical (unpaired) electrons. The quantitative estimate of drug-likeness (QED) is 0.756. The molecule has 0 spiro atoms. The molecule has 27 heavy (non-hydrogen) atoms. The molecule has 2 aliphatic heterocycles. The zero-order valence-electron chi connectivity index (χ0n) is 16.2. The molecule has 0 saturated carbocycles. The fraction of sp³-hybridized carbons (Fsp3) is 0.455. The lowest BCUT2D eigenvalue weighted by Gasteiger charge is -2.42. The van der Waals surface area contributed by atoms with Crippen LogP contribution in [0.5, 0.6) is 0 Å². The summed E-state index contributed by atoms with van der Waals surface area (Å²) in [5.74, 6) is 0.878. The Hall–Kier alpha value is -2.56. The van der Waals surface area contributed by atoms with Crippen molar-refractivity contribution in [1.29, 1.82) is 0 Å². The highest BCUT2D eigenvalue weighted by Gasteiger charge is 2.41. The molecule has 4 atom stereocenters. The molecule has 3 heterocycles. The van der Waals surface area contributed by atoms with E-state index in [9.17, 15) is 9.59 Å². The number of rotatable bonds is 5. The van der Waals surface area contributed by atoms with Crippen LogP contribution in [0.25, 0.3) is 5.69 Å². The molecule has 2 bridgehead atoms. The average molecular weight is 365 g/mol. The van der Waals surface area contributed by atoms with Crippen LogP contribution in [0.1, 0.15) is 52.1 Å². The number of fused-ring (bicyclic) bond motifs is 1. The van der Waals surface area contributed by atoms with Crippen molar-refractivity contribution in [2.75, 3.05) is 0 Å². The highest BCUT2D eigenvalue weighted by molar-refractivity contribution is 5.31. The van der Waals surface area contributed by atoms with Crippen LogP contribution in [0.15, 0.2) is 63.7 Å². The zero-order chi connectivity index (χ0) is 19.1. The van der Waals surface area contributed by atoms with Crippen LogP contribution in [-0.4, -0.2) is 13.9 Å². The standard InChI is InChI=1S/C22H27N3O2/c1-15(2)8-7-9-16(3)19-14-18-12-13-20(19)25-22(27)23(21(26)24(18)25)17-10-5-4-6-11-17/h4-6,8,10-13,16,18-20H,7,9,14H2,1-3H3/t16-,18-,19-,20+/m1/s1. The fourth-order valence-electron chi connectivity index (χ4n) is 4.59. The molecular weight excluding hydrogens is 338 g/mol. The third-order valence-corrected chi connectivity index (χ3v) is 6.01. The van der Waals surface area contributed by atoms with Crippen molar-refractivity contribution in [3.05, 3.63) is 75.1 Å². The van der Waals surface area contributed by atoms with E-state index in [1.54, 1.807) is 9.36 Å². The van der Waals surface area contributed by atoms with Gasteiger partial charge >= 0.3 is 11.4 Å². The van der Waals surface area contributed by atoms with Crippen LogP contribution >= 0.6 is 0 Å². The predicted molar refractivity (Wildman–Crippen MR) is 107 cm³/mol. The normalized spacial score (nSPS) is 23.9. The summed E-state index contributed by atoms with van der Waals surface area (Å²) in [6.45, 7) is 6.53. The molecular formula is C22H27N3O2. The molecule has 3 aliphatic rings. The predicted octanol–water partition coefficient (Wildman–Crippen LogP) is 3.86. The van der Waals surface area contributed by atoms with Gasteiger partial charge < -0.3 is 0 Å². The number of nitrogens with zero attached hydrogens (tertiary/aromatic N) is 3. The van der Waals surface area contributed by atoms with Gasteiger partial charge in [0.2, 0.25) is 0 Å². The number of aromatic nitrogens is 3. The van der Waals surface area contributed by atoms with Gasteiger partial charge in [-0.3, -0.25) is 0 Å². The minimum absolute atomic E-state index is 0.0314. The van der Waals surface area contributed by atoms with Crippen LogP contribution < -0.4 is 11.4 Å². The Morgan fingerprint density at radius 3 is 2.52 bits per heavy atom. The number of para-hydroxylation sites is 1. The van der Waals surface area contributed by atoms with E-state index in [1.165, 1.54) is 10.1 Å². The Balaban J connectivity index is 1.71. The van der Waals surface area contributed by atoms with Crippen LogP contribution in [0.4, 0.5) is 0 Å². The molecule has 5 nitrogen and oxygen atoms in total. The maximum atomic E-state index is 13.2. The topological polar surface area (TPSA) is 48.9 Å². The molecule has 0 N–H and O–H groups in total. The molecule has 142 valence electrons. The highest BCUT2D eigenvalue weighted by atomic mass is 16.2. The Kier molecular flexibility index (Phi) is 4.54. The lowest BCUT2D eigenvalue weighted by molar-refractivity contribution is 0.128. The van der Waals surface area contributed by atoms with Crippen LogP contribution in [0, 0.1) is 11.8 Å². The average Bonchev–Trinajstić information content (AvgIpc) is 2.95. The molecule has 5 rings (SSSR count). The summed E-state index contributed by atoms with van der Waals surface area (Å²) in [5, 5.41) is 0. The van der Waals surface area contributed by atoms with Gasteiger partial charge in [0.25, 0.3) is 0 Å². The molecule has 1 aromatic heterocycles. The summed E-state index contributed by atoms with van der Waals surface area (Å²) in [6, 6.07) is 9.14. The van der Waals surface area contributed by atoms with Crippen LogP contribution in [0.2, 0.25) is 0 Å². The van der Waals surface area contributed by atoms with E-state index < -0.39 is 0 Å². The first-order chi connectivity index (χ1) is 13.0. The second-order valence-electron chi connectivity index (χ2n) is 8.10. The van der Waals surface area contributed by atoms with Crippen LogP contribution in [-0.2, 0) is 0 Å². The molecule has 1 aliphatic carbocycles. The van der Waals surface area contributed by atoms with Crippen molar-refractivity contribution in [1.82, 2.24) is 13.9 Å². The molecule has 5 heteroatoms.